The van der Waals surface area contributed by atoms with Crippen LogP contribution in [0.25, 0.3) is 11.0 Å². The molecule has 1 saturated carbocycles. The summed E-state index contributed by atoms with van der Waals surface area (Å²) in [5.41, 5.74) is 1.63. The van der Waals surface area contributed by atoms with Crippen molar-refractivity contribution in [1.29, 1.82) is 0 Å². The summed E-state index contributed by atoms with van der Waals surface area (Å²) in [7, 11) is 0. The summed E-state index contributed by atoms with van der Waals surface area (Å²) in [6, 6.07) is 3.48. The first-order chi connectivity index (χ1) is 9.45. The standard InChI is InChI=1S/C15H18ClFN2S/c1-8-3-9(2)5-10(4-8)19-14-6-11(16)12(17)7-13(14)18-15(19)20/h6-10H,3-5H2,1-2H3,(H,18,20). The van der Waals surface area contributed by atoms with Crippen LogP contribution in [0.4, 0.5) is 4.39 Å². The van der Waals surface area contributed by atoms with Crippen molar-refractivity contribution in [2.45, 2.75) is 39.2 Å². The molecule has 1 aromatic carbocycles. The normalized spacial score (nSPS) is 27.1. The van der Waals surface area contributed by atoms with Gasteiger partial charge in [0, 0.05) is 12.1 Å². The molecular weight excluding hydrogens is 295 g/mol. The quantitative estimate of drug-likeness (QED) is 0.691. The lowest BCUT2D eigenvalue weighted by molar-refractivity contribution is 0.223. The fourth-order valence-corrected chi connectivity index (χ4v) is 4.11. The van der Waals surface area contributed by atoms with Gasteiger partial charge in [0.2, 0.25) is 0 Å². The van der Waals surface area contributed by atoms with Crippen LogP contribution in [0.1, 0.15) is 39.2 Å². The van der Waals surface area contributed by atoms with Crippen LogP contribution < -0.4 is 0 Å². The van der Waals surface area contributed by atoms with Gasteiger partial charge in [0.25, 0.3) is 0 Å². The number of benzene rings is 1. The second kappa shape index (κ2) is 5.15. The van der Waals surface area contributed by atoms with E-state index in [1.54, 1.807) is 6.07 Å². The highest BCUT2D eigenvalue weighted by Crippen LogP contribution is 2.38. The van der Waals surface area contributed by atoms with Crippen molar-refractivity contribution in [3.63, 3.8) is 0 Å². The molecule has 0 spiro atoms. The summed E-state index contributed by atoms with van der Waals surface area (Å²) in [4.78, 5) is 3.10. The van der Waals surface area contributed by atoms with Gasteiger partial charge in [-0.15, -0.1) is 0 Å². The number of halogens is 2. The zero-order valence-corrected chi connectivity index (χ0v) is 13.2. The third kappa shape index (κ3) is 2.40. The average molecular weight is 313 g/mol. The first-order valence-electron chi connectivity index (χ1n) is 7.05. The van der Waals surface area contributed by atoms with Gasteiger partial charge in [-0.3, -0.25) is 0 Å². The molecule has 1 fully saturated rings. The van der Waals surface area contributed by atoms with Crippen molar-refractivity contribution in [1.82, 2.24) is 9.55 Å². The van der Waals surface area contributed by atoms with Gasteiger partial charge in [0.15, 0.2) is 4.77 Å². The van der Waals surface area contributed by atoms with Crippen LogP contribution in [0.3, 0.4) is 0 Å². The lowest BCUT2D eigenvalue weighted by atomic mass is 9.80. The van der Waals surface area contributed by atoms with Gasteiger partial charge >= 0.3 is 0 Å². The van der Waals surface area contributed by atoms with Crippen LogP contribution in [-0.2, 0) is 0 Å². The smallest absolute Gasteiger partial charge is 0.178 e. The molecule has 5 heteroatoms. The average Bonchev–Trinajstić information content (AvgIpc) is 2.64. The van der Waals surface area contributed by atoms with E-state index in [0.29, 0.717) is 22.6 Å². The number of rotatable bonds is 1. The zero-order valence-electron chi connectivity index (χ0n) is 11.6. The molecule has 108 valence electrons. The van der Waals surface area contributed by atoms with Crippen LogP contribution >= 0.6 is 23.8 Å². The minimum Gasteiger partial charge on any atom is -0.330 e. The summed E-state index contributed by atoms with van der Waals surface area (Å²) >= 11 is 11.4. The fourth-order valence-electron chi connectivity index (χ4n) is 3.60. The Morgan fingerprint density at radius 2 is 1.90 bits per heavy atom. The maximum Gasteiger partial charge on any atom is 0.178 e. The Labute approximate surface area is 127 Å². The molecule has 0 aliphatic heterocycles. The molecule has 1 aliphatic carbocycles. The third-order valence-electron chi connectivity index (χ3n) is 4.28. The first-order valence-corrected chi connectivity index (χ1v) is 7.83. The van der Waals surface area contributed by atoms with E-state index in [0.717, 1.165) is 23.9 Å². The highest BCUT2D eigenvalue weighted by molar-refractivity contribution is 7.71. The molecule has 1 aromatic heterocycles. The van der Waals surface area contributed by atoms with E-state index in [1.165, 1.54) is 12.5 Å². The monoisotopic (exact) mass is 312 g/mol. The second-order valence-electron chi connectivity index (χ2n) is 6.15. The number of H-pyrrole nitrogens is 1. The molecular formula is C15H18ClFN2S. The molecule has 1 aliphatic rings. The molecule has 0 bridgehead atoms. The zero-order chi connectivity index (χ0) is 14.4. The van der Waals surface area contributed by atoms with E-state index in [-0.39, 0.29) is 5.02 Å². The predicted molar refractivity (Wildman–Crippen MR) is 83.3 cm³/mol. The van der Waals surface area contributed by atoms with E-state index in [2.05, 4.69) is 23.4 Å². The summed E-state index contributed by atoms with van der Waals surface area (Å²) in [6.07, 6.45) is 3.49. The van der Waals surface area contributed by atoms with Gasteiger partial charge in [-0.2, -0.15) is 0 Å². The molecule has 1 heterocycles. The fraction of sp³-hybridized carbons (Fsp3) is 0.533. The van der Waals surface area contributed by atoms with Crippen LogP contribution in [-0.4, -0.2) is 9.55 Å². The summed E-state index contributed by atoms with van der Waals surface area (Å²) in [6.45, 7) is 4.57. The molecule has 2 aromatic rings. The van der Waals surface area contributed by atoms with Crippen LogP contribution in [0, 0.1) is 22.4 Å². The maximum absolute atomic E-state index is 13.6. The topological polar surface area (TPSA) is 20.7 Å². The Morgan fingerprint density at radius 3 is 2.55 bits per heavy atom. The van der Waals surface area contributed by atoms with E-state index in [9.17, 15) is 4.39 Å². The van der Waals surface area contributed by atoms with Gasteiger partial charge in [-0.25, -0.2) is 4.39 Å². The van der Waals surface area contributed by atoms with Gasteiger partial charge in [0.1, 0.15) is 5.82 Å². The number of hydrogen-bond acceptors (Lipinski definition) is 1. The number of aromatic amines is 1. The van der Waals surface area contributed by atoms with Crippen LogP contribution in [0.2, 0.25) is 5.02 Å². The molecule has 3 rings (SSSR count). The Hall–Kier alpha value is -0.870. The number of nitrogens with zero attached hydrogens (tertiary/aromatic N) is 1. The number of aromatic nitrogens is 2. The Bertz CT molecular complexity index is 696. The molecule has 0 amide bonds. The molecule has 2 nitrogen and oxygen atoms in total. The minimum atomic E-state index is -0.409. The largest absolute Gasteiger partial charge is 0.330 e. The summed E-state index contributed by atoms with van der Waals surface area (Å²) < 4.78 is 16.3. The molecule has 1 N–H and O–H groups in total. The second-order valence-corrected chi connectivity index (χ2v) is 6.95. The van der Waals surface area contributed by atoms with Crippen molar-refractivity contribution in [2.75, 3.05) is 0 Å². The SMILES string of the molecule is CC1CC(C)CC(n2c(=S)[nH]c3cc(F)c(Cl)cc32)C1. The van der Waals surface area contributed by atoms with Crippen molar-refractivity contribution in [3.8, 4) is 0 Å². The van der Waals surface area contributed by atoms with E-state index < -0.39 is 5.82 Å². The maximum atomic E-state index is 13.6. The lowest BCUT2D eigenvalue weighted by Gasteiger charge is -2.32. The minimum absolute atomic E-state index is 0.150. The number of fused-ring (bicyclic) bond motifs is 1. The van der Waals surface area contributed by atoms with Crippen molar-refractivity contribution in [3.05, 3.63) is 27.7 Å². The lowest BCUT2D eigenvalue weighted by Crippen LogP contribution is -2.22. The predicted octanol–water partition coefficient (Wildman–Crippen LogP) is 5.49. The third-order valence-corrected chi connectivity index (χ3v) is 4.87. The van der Waals surface area contributed by atoms with Gasteiger partial charge < -0.3 is 9.55 Å². The molecule has 0 radical (unpaired) electrons. The Morgan fingerprint density at radius 1 is 1.25 bits per heavy atom. The van der Waals surface area contributed by atoms with E-state index in [4.69, 9.17) is 23.8 Å². The van der Waals surface area contributed by atoms with Crippen LogP contribution in [0.15, 0.2) is 12.1 Å². The molecule has 2 unspecified atom stereocenters. The van der Waals surface area contributed by atoms with Gasteiger partial charge in [-0.1, -0.05) is 25.4 Å². The van der Waals surface area contributed by atoms with Crippen molar-refractivity contribution >= 4 is 34.9 Å². The molecule has 20 heavy (non-hydrogen) atoms. The molecule has 2 atom stereocenters. The van der Waals surface area contributed by atoms with Crippen molar-refractivity contribution in [2.24, 2.45) is 11.8 Å². The van der Waals surface area contributed by atoms with Gasteiger partial charge in [0.05, 0.1) is 16.1 Å². The highest BCUT2D eigenvalue weighted by atomic mass is 35.5. The first kappa shape index (κ1) is 14.1. The Balaban J connectivity index is 2.13. The number of nitrogens with one attached hydrogen (secondary N) is 1. The number of imidazole rings is 1. The number of hydrogen-bond donors (Lipinski definition) is 1. The summed E-state index contributed by atoms with van der Waals surface area (Å²) in [5.74, 6) is 0.964. The highest BCUT2D eigenvalue weighted by Gasteiger charge is 2.27. The van der Waals surface area contributed by atoms with E-state index in [1.807, 2.05) is 0 Å². The molecule has 0 saturated heterocycles. The van der Waals surface area contributed by atoms with Crippen LogP contribution in [0.5, 0.6) is 0 Å². The summed E-state index contributed by atoms with van der Waals surface area (Å²) in [5, 5.41) is 0.150. The van der Waals surface area contributed by atoms with E-state index >= 15 is 0 Å². The van der Waals surface area contributed by atoms with Gasteiger partial charge in [-0.05, 0) is 49.4 Å². The Kier molecular flexibility index (Phi) is 3.63. The van der Waals surface area contributed by atoms with Crippen molar-refractivity contribution < 1.29 is 4.39 Å².